The molecule has 0 spiro atoms. The topological polar surface area (TPSA) is 43.1 Å². The lowest BCUT2D eigenvalue weighted by atomic mass is 10.1. The molecule has 1 aromatic heterocycles. The molecular weight excluding hydrogens is 268 g/mol. The number of hydrogen-bond acceptors (Lipinski definition) is 4. The van der Waals surface area contributed by atoms with Crippen molar-refractivity contribution in [2.45, 2.75) is 37.8 Å². The minimum absolute atomic E-state index is 0.858. The fourth-order valence-corrected chi connectivity index (χ4v) is 3.09. The van der Waals surface area contributed by atoms with Gasteiger partial charge in [0.15, 0.2) is 5.82 Å². The van der Waals surface area contributed by atoms with E-state index >= 15 is 0 Å². The molecule has 1 aromatic carbocycles. The number of nitrogens with zero attached hydrogens (tertiary/aromatic N) is 4. The number of unbranched alkanes of at least 4 members (excludes halogenated alkanes) is 2. The highest BCUT2D eigenvalue weighted by Gasteiger charge is 2.19. The molecule has 0 saturated heterocycles. The lowest BCUT2D eigenvalue weighted by Crippen LogP contribution is -2.14. The van der Waals surface area contributed by atoms with E-state index in [-0.39, 0.29) is 0 Å². The van der Waals surface area contributed by atoms with Crippen LogP contribution in [0.4, 0.5) is 0 Å². The molecule has 0 N–H and O–H groups in total. The second-order valence-electron chi connectivity index (χ2n) is 4.87. The van der Waals surface area contributed by atoms with Gasteiger partial charge < -0.3 is 0 Å². The summed E-state index contributed by atoms with van der Waals surface area (Å²) in [4.78, 5) is 0. The van der Waals surface area contributed by atoms with Crippen LogP contribution in [0.1, 0.15) is 37.6 Å². The fraction of sp³-hybridized carbons (Fsp3) is 0.400. The third-order valence-electron chi connectivity index (χ3n) is 3.35. The molecule has 1 aliphatic rings. The molecule has 0 amide bonds. The first-order chi connectivity index (χ1) is 9.88. The summed E-state index contributed by atoms with van der Waals surface area (Å²) in [5, 5.41) is 14.2. The molecular formula is C15H18N4S. The Bertz CT molecular complexity index is 604. The second kappa shape index (κ2) is 6.22. The zero-order chi connectivity index (χ0) is 13.8. The first kappa shape index (κ1) is 13.4. The number of hydrogen-bond donors (Lipinski definition) is 0. The number of aryl methyl sites for hydroxylation is 1. The van der Waals surface area contributed by atoms with E-state index in [2.05, 4.69) is 29.3 Å². The molecule has 20 heavy (non-hydrogen) atoms. The summed E-state index contributed by atoms with van der Waals surface area (Å²) < 4.78 is 1.92. The lowest BCUT2D eigenvalue weighted by molar-refractivity contribution is 0.647. The minimum Gasteiger partial charge on any atom is -0.191 e. The molecule has 0 atom stereocenters. The van der Waals surface area contributed by atoms with Crippen molar-refractivity contribution >= 4 is 17.5 Å². The summed E-state index contributed by atoms with van der Waals surface area (Å²) in [6.45, 7) is 2.21. The molecule has 0 radical (unpaired) electrons. The maximum atomic E-state index is 4.74. The van der Waals surface area contributed by atoms with Crippen LogP contribution in [0, 0.1) is 0 Å². The molecule has 0 aliphatic carbocycles. The van der Waals surface area contributed by atoms with Gasteiger partial charge in [-0.1, -0.05) is 61.9 Å². The number of aromatic nitrogens is 3. The van der Waals surface area contributed by atoms with Gasteiger partial charge in [-0.15, -0.1) is 10.2 Å². The van der Waals surface area contributed by atoms with Gasteiger partial charge in [0, 0.05) is 12.2 Å². The van der Waals surface area contributed by atoms with Crippen molar-refractivity contribution in [1.82, 2.24) is 14.9 Å². The zero-order valence-corrected chi connectivity index (χ0v) is 12.4. The van der Waals surface area contributed by atoms with Gasteiger partial charge in [0.1, 0.15) is 0 Å². The molecule has 5 heteroatoms. The normalized spacial score (nSPS) is 13.9. The Labute approximate surface area is 123 Å². The number of rotatable bonds is 5. The average Bonchev–Trinajstić information content (AvgIpc) is 2.91. The van der Waals surface area contributed by atoms with Crippen LogP contribution in [0.3, 0.4) is 0 Å². The maximum Gasteiger partial charge on any atom is 0.212 e. The summed E-state index contributed by atoms with van der Waals surface area (Å²) >= 11 is 1.71. The Morgan fingerprint density at radius 1 is 1.15 bits per heavy atom. The number of benzene rings is 1. The van der Waals surface area contributed by atoms with Gasteiger partial charge in [-0.2, -0.15) is 9.78 Å². The van der Waals surface area contributed by atoms with E-state index in [0.29, 0.717) is 0 Å². The molecule has 3 rings (SSSR count). The van der Waals surface area contributed by atoms with Gasteiger partial charge in [-0.25, -0.2) is 0 Å². The van der Waals surface area contributed by atoms with Gasteiger partial charge in [0.25, 0.3) is 0 Å². The van der Waals surface area contributed by atoms with Crippen molar-refractivity contribution in [3.63, 3.8) is 0 Å². The average molecular weight is 286 g/mol. The summed E-state index contributed by atoms with van der Waals surface area (Å²) in [6.07, 6.45) is 4.54. The highest BCUT2D eigenvalue weighted by Crippen LogP contribution is 2.24. The van der Waals surface area contributed by atoms with Gasteiger partial charge >= 0.3 is 0 Å². The van der Waals surface area contributed by atoms with Gasteiger partial charge in [-0.3, -0.25) is 0 Å². The largest absolute Gasteiger partial charge is 0.212 e. The molecule has 1 aliphatic heterocycles. The fourth-order valence-electron chi connectivity index (χ4n) is 2.23. The van der Waals surface area contributed by atoms with Crippen molar-refractivity contribution < 1.29 is 0 Å². The van der Waals surface area contributed by atoms with Gasteiger partial charge in [0.2, 0.25) is 5.16 Å². The summed E-state index contributed by atoms with van der Waals surface area (Å²) in [6, 6.07) is 10.3. The SMILES string of the molecule is CCCCCc1nnc2n1N=C(c1ccccc1)CS2. The smallest absolute Gasteiger partial charge is 0.191 e. The summed E-state index contributed by atoms with van der Waals surface area (Å²) in [5.41, 5.74) is 2.28. The highest BCUT2D eigenvalue weighted by molar-refractivity contribution is 7.99. The molecule has 2 heterocycles. The monoisotopic (exact) mass is 286 g/mol. The van der Waals surface area contributed by atoms with E-state index < -0.39 is 0 Å². The Hall–Kier alpha value is -1.62. The highest BCUT2D eigenvalue weighted by atomic mass is 32.2. The van der Waals surface area contributed by atoms with Crippen LogP contribution in [0.15, 0.2) is 40.6 Å². The van der Waals surface area contributed by atoms with Gasteiger partial charge in [0.05, 0.1) is 5.71 Å². The number of fused-ring (bicyclic) bond motifs is 1. The van der Waals surface area contributed by atoms with E-state index in [4.69, 9.17) is 5.10 Å². The van der Waals surface area contributed by atoms with Crippen LogP contribution in [-0.2, 0) is 6.42 Å². The first-order valence-electron chi connectivity index (χ1n) is 7.09. The Balaban J connectivity index is 1.85. The standard InChI is InChI=1S/C15H18N4S/c1-2-3-5-10-14-16-17-15-19(14)18-13(11-20-15)12-8-6-4-7-9-12/h4,6-9H,2-3,5,10-11H2,1H3. The van der Waals surface area contributed by atoms with Gasteiger partial charge in [-0.05, 0) is 12.0 Å². The summed E-state index contributed by atoms with van der Waals surface area (Å²) in [7, 11) is 0. The van der Waals surface area contributed by atoms with E-state index in [1.54, 1.807) is 11.8 Å². The maximum absolute atomic E-state index is 4.74. The van der Waals surface area contributed by atoms with Crippen molar-refractivity contribution in [2.75, 3.05) is 5.75 Å². The van der Waals surface area contributed by atoms with Crippen LogP contribution in [0.2, 0.25) is 0 Å². The molecule has 4 nitrogen and oxygen atoms in total. The van der Waals surface area contributed by atoms with Crippen LogP contribution >= 0.6 is 11.8 Å². The van der Waals surface area contributed by atoms with Crippen molar-refractivity contribution in [2.24, 2.45) is 5.10 Å². The lowest BCUT2D eigenvalue weighted by Gasteiger charge is -2.13. The third-order valence-corrected chi connectivity index (χ3v) is 4.28. The van der Waals surface area contributed by atoms with E-state index in [9.17, 15) is 0 Å². The van der Waals surface area contributed by atoms with Crippen LogP contribution < -0.4 is 0 Å². The Morgan fingerprint density at radius 3 is 2.80 bits per heavy atom. The van der Waals surface area contributed by atoms with Crippen LogP contribution in [-0.4, -0.2) is 26.3 Å². The quantitative estimate of drug-likeness (QED) is 0.791. The molecule has 0 fully saturated rings. The molecule has 2 aromatic rings. The molecule has 104 valence electrons. The third kappa shape index (κ3) is 2.77. The first-order valence-corrected chi connectivity index (χ1v) is 8.07. The van der Waals surface area contributed by atoms with Crippen LogP contribution in [0.25, 0.3) is 0 Å². The molecule has 0 saturated carbocycles. The predicted octanol–water partition coefficient (Wildman–Crippen LogP) is 3.37. The zero-order valence-electron chi connectivity index (χ0n) is 11.6. The Morgan fingerprint density at radius 2 is 2.00 bits per heavy atom. The van der Waals surface area contributed by atoms with E-state index in [1.165, 1.54) is 18.4 Å². The predicted molar refractivity (Wildman–Crippen MR) is 82.4 cm³/mol. The van der Waals surface area contributed by atoms with E-state index in [0.717, 1.165) is 35.3 Å². The van der Waals surface area contributed by atoms with Crippen molar-refractivity contribution in [3.05, 3.63) is 41.7 Å². The molecule has 0 unspecified atom stereocenters. The van der Waals surface area contributed by atoms with Crippen molar-refractivity contribution in [3.8, 4) is 0 Å². The van der Waals surface area contributed by atoms with Crippen LogP contribution in [0.5, 0.6) is 0 Å². The second-order valence-corrected chi connectivity index (χ2v) is 5.81. The van der Waals surface area contributed by atoms with Crippen molar-refractivity contribution in [1.29, 1.82) is 0 Å². The van der Waals surface area contributed by atoms with E-state index in [1.807, 2.05) is 22.9 Å². The Kier molecular flexibility index (Phi) is 4.16. The molecule has 0 bridgehead atoms. The number of thioether (sulfide) groups is 1. The minimum atomic E-state index is 0.858. The summed E-state index contributed by atoms with van der Waals surface area (Å²) in [5.74, 6) is 1.84.